The van der Waals surface area contributed by atoms with E-state index in [1.54, 1.807) is 0 Å². The monoisotopic (exact) mass is 282 g/mol. The maximum atomic E-state index is 5.70. The van der Waals surface area contributed by atoms with Gasteiger partial charge in [0.2, 0.25) is 0 Å². The number of hydrogen-bond acceptors (Lipinski definition) is 0. The molecule has 0 radical (unpaired) electrons. The van der Waals surface area contributed by atoms with E-state index in [4.69, 9.17) is 11.6 Å². The Balaban J connectivity index is 2.92. The topological polar surface area (TPSA) is 0 Å². The van der Waals surface area contributed by atoms with Gasteiger partial charge in [-0.25, -0.2) is 0 Å². The van der Waals surface area contributed by atoms with E-state index in [0.29, 0.717) is 4.83 Å². The van der Waals surface area contributed by atoms with E-state index in [9.17, 15) is 0 Å². The van der Waals surface area contributed by atoms with Crippen LogP contribution in [0.15, 0.2) is 0 Å². The van der Waals surface area contributed by atoms with Gasteiger partial charge in [-0.2, -0.15) is 0 Å². The average molecular weight is 284 g/mol. The maximum Gasteiger partial charge on any atom is 0.0349 e. The third-order valence-electron chi connectivity index (χ3n) is 2.54. The van der Waals surface area contributed by atoms with E-state index in [2.05, 4.69) is 22.9 Å². The van der Waals surface area contributed by atoms with Crippen molar-refractivity contribution in [1.29, 1.82) is 0 Å². The molecule has 0 bridgehead atoms. The minimum absolute atomic E-state index is 0.532. The Morgan fingerprint density at radius 3 is 1.93 bits per heavy atom. The normalized spacial score (nSPS) is 13.1. The van der Waals surface area contributed by atoms with Crippen LogP contribution >= 0.6 is 27.5 Å². The molecule has 14 heavy (non-hydrogen) atoms. The van der Waals surface area contributed by atoms with Crippen molar-refractivity contribution in [2.24, 2.45) is 0 Å². The fourth-order valence-corrected chi connectivity index (χ4v) is 2.05. The highest BCUT2D eigenvalue weighted by molar-refractivity contribution is 9.09. The first-order valence-electron chi connectivity index (χ1n) is 6.01. The van der Waals surface area contributed by atoms with Crippen molar-refractivity contribution in [3.8, 4) is 0 Å². The van der Waals surface area contributed by atoms with E-state index in [-0.39, 0.29) is 0 Å². The number of unbranched alkanes of at least 4 members (excludes halogenated alkanes) is 7. The van der Waals surface area contributed by atoms with Gasteiger partial charge >= 0.3 is 0 Å². The molecule has 1 atom stereocenters. The van der Waals surface area contributed by atoms with E-state index in [1.807, 2.05) is 0 Å². The molecule has 0 spiro atoms. The molecule has 0 aromatic rings. The molecule has 0 saturated carbocycles. The quantitative estimate of drug-likeness (QED) is 0.366. The summed E-state index contributed by atoms with van der Waals surface area (Å²) in [6.45, 7) is 2.27. The van der Waals surface area contributed by atoms with Crippen molar-refractivity contribution in [2.75, 3.05) is 5.88 Å². The van der Waals surface area contributed by atoms with Gasteiger partial charge in [-0.05, 0) is 6.42 Å². The van der Waals surface area contributed by atoms with Crippen LogP contribution in [0.5, 0.6) is 0 Å². The highest BCUT2D eigenvalue weighted by atomic mass is 79.9. The number of alkyl halides is 2. The third-order valence-corrected chi connectivity index (χ3v) is 4.07. The predicted molar refractivity (Wildman–Crippen MR) is 70.7 cm³/mol. The van der Waals surface area contributed by atoms with E-state index in [1.165, 1.54) is 57.8 Å². The fourth-order valence-electron chi connectivity index (χ4n) is 1.58. The van der Waals surface area contributed by atoms with Crippen LogP contribution in [0.4, 0.5) is 0 Å². The van der Waals surface area contributed by atoms with Gasteiger partial charge in [-0.1, -0.05) is 74.2 Å². The van der Waals surface area contributed by atoms with Crippen LogP contribution in [0.25, 0.3) is 0 Å². The molecule has 0 aliphatic carbocycles. The van der Waals surface area contributed by atoms with E-state index >= 15 is 0 Å². The van der Waals surface area contributed by atoms with Crippen LogP contribution in [-0.4, -0.2) is 10.7 Å². The molecule has 0 aliphatic heterocycles. The van der Waals surface area contributed by atoms with Gasteiger partial charge in [0.25, 0.3) is 0 Å². The van der Waals surface area contributed by atoms with Crippen molar-refractivity contribution in [2.45, 2.75) is 69.5 Å². The highest BCUT2D eigenvalue weighted by Gasteiger charge is 2.00. The fraction of sp³-hybridized carbons (Fsp3) is 1.00. The van der Waals surface area contributed by atoms with Gasteiger partial charge in [0.05, 0.1) is 0 Å². The standard InChI is InChI=1S/C12H24BrCl/c1-2-3-4-5-6-7-8-9-10-12(13)11-14/h12H,2-11H2,1H3/t12-/m0/s1. The van der Waals surface area contributed by atoms with E-state index in [0.717, 1.165) is 5.88 Å². The zero-order chi connectivity index (χ0) is 10.6. The molecule has 0 fully saturated rings. The third kappa shape index (κ3) is 10.8. The van der Waals surface area contributed by atoms with Crippen molar-refractivity contribution >= 4 is 27.5 Å². The second-order valence-corrected chi connectivity index (χ2v) is 5.62. The van der Waals surface area contributed by atoms with Crippen LogP contribution < -0.4 is 0 Å². The molecule has 0 saturated heterocycles. The predicted octanol–water partition coefficient (Wildman–Crippen LogP) is 5.52. The second-order valence-electron chi connectivity index (χ2n) is 4.02. The lowest BCUT2D eigenvalue weighted by Gasteiger charge is -2.04. The van der Waals surface area contributed by atoms with Gasteiger partial charge in [-0.15, -0.1) is 11.6 Å². The molecular weight excluding hydrogens is 259 g/mol. The van der Waals surface area contributed by atoms with E-state index < -0.39 is 0 Å². The summed E-state index contributed by atoms with van der Waals surface area (Å²) >= 11 is 9.25. The molecule has 0 rings (SSSR count). The Bertz CT molecular complexity index is 106. The Morgan fingerprint density at radius 2 is 1.43 bits per heavy atom. The molecule has 0 unspecified atom stereocenters. The Morgan fingerprint density at radius 1 is 0.929 bits per heavy atom. The summed E-state index contributed by atoms with van der Waals surface area (Å²) in [5, 5.41) is 0. The van der Waals surface area contributed by atoms with Gasteiger partial charge < -0.3 is 0 Å². The average Bonchev–Trinajstić information content (AvgIpc) is 2.21. The van der Waals surface area contributed by atoms with Crippen LogP contribution in [0.3, 0.4) is 0 Å². The molecular formula is C12H24BrCl. The van der Waals surface area contributed by atoms with Crippen molar-refractivity contribution < 1.29 is 0 Å². The van der Waals surface area contributed by atoms with Crippen LogP contribution in [0, 0.1) is 0 Å². The SMILES string of the molecule is CCCCCCCCCC[C@H](Br)CCl. The Hall–Kier alpha value is 0.770. The molecule has 0 nitrogen and oxygen atoms in total. The highest BCUT2D eigenvalue weighted by Crippen LogP contribution is 2.14. The first-order chi connectivity index (χ1) is 6.81. The minimum atomic E-state index is 0.532. The van der Waals surface area contributed by atoms with Gasteiger partial charge in [-0.3, -0.25) is 0 Å². The van der Waals surface area contributed by atoms with Gasteiger partial charge in [0.15, 0.2) is 0 Å². The molecule has 0 amide bonds. The zero-order valence-corrected chi connectivity index (χ0v) is 11.7. The van der Waals surface area contributed by atoms with Crippen molar-refractivity contribution in [3.05, 3.63) is 0 Å². The number of hydrogen-bond donors (Lipinski definition) is 0. The van der Waals surface area contributed by atoms with Crippen LogP contribution in [-0.2, 0) is 0 Å². The lowest BCUT2D eigenvalue weighted by atomic mass is 10.1. The summed E-state index contributed by atoms with van der Waals surface area (Å²) in [6.07, 6.45) is 12.4. The summed E-state index contributed by atoms with van der Waals surface area (Å²) in [7, 11) is 0. The summed E-state index contributed by atoms with van der Waals surface area (Å²) in [5.41, 5.74) is 0. The molecule has 0 aromatic carbocycles. The Labute approximate surface area is 103 Å². The summed E-state index contributed by atoms with van der Waals surface area (Å²) in [6, 6.07) is 0. The lowest BCUT2D eigenvalue weighted by Crippen LogP contribution is -1.98. The molecule has 0 aliphatic rings. The molecule has 0 N–H and O–H groups in total. The van der Waals surface area contributed by atoms with Crippen LogP contribution in [0.1, 0.15) is 64.7 Å². The van der Waals surface area contributed by atoms with Crippen molar-refractivity contribution in [1.82, 2.24) is 0 Å². The first-order valence-corrected chi connectivity index (χ1v) is 7.46. The van der Waals surface area contributed by atoms with Crippen molar-refractivity contribution in [3.63, 3.8) is 0 Å². The summed E-state index contributed by atoms with van der Waals surface area (Å²) in [4.78, 5) is 0.532. The first kappa shape index (κ1) is 14.8. The minimum Gasteiger partial charge on any atom is -0.126 e. The molecule has 2 heteroatoms. The molecule has 86 valence electrons. The zero-order valence-electron chi connectivity index (χ0n) is 9.40. The lowest BCUT2D eigenvalue weighted by molar-refractivity contribution is 0.566. The second kappa shape index (κ2) is 11.8. The molecule has 0 aromatic heterocycles. The Kier molecular flexibility index (Phi) is 12.5. The number of halogens is 2. The largest absolute Gasteiger partial charge is 0.126 e. The molecule has 0 heterocycles. The summed E-state index contributed by atoms with van der Waals surface area (Å²) < 4.78 is 0. The number of rotatable bonds is 10. The van der Waals surface area contributed by atoms with Crippen LogP contribution in [0.2, 0.25) is 0 Å². The smallest absolute Gasteiger partial charge is 0.0349 e. The summed E-state index contributed by atoms with van der Waals surface area (Å²) in [5.74, 6) is 0.747. The maximum absolute atomic E-state index is 5.70. The van der Waals surface area contributed by atoms with Gasteiger partial charge in [0, 0.05) is 10.7 Å². The van der Waals surface area contributed by atoms with Gasteiger partial charge in [0.1, 0.15) is 0 Å².